The monoisotopic (exact) mass is 309 g/mol. The molecule has 1 aliphatic rings. The molecule has 21 heavy (non-hydrogen) atoms. The molecule has 1 aromatic carbocycles. The summed E-state index contributed by atoms with van der Waals surface area (Å²) in [7, 11) is 1.62. The number of nitrogens with zero attached hydrogens (tertiary/aromatic N) is 1. The normalized spacial score (nSPS) is 17.4. The summed E-state index contributed by atoms with van der Waals surface area (Å²) >= 11 is 1.47. The first-order valence-corrected chi connectivity index (χ1v) is 7.97. The number of carboxylic acids is 1. The molecule has 0 fully saturated rings. The second kappa shape index (κ2) is 7.47. The standard InChI is InChI=1S/C15H19NO4S/c1-20-8-9-21-10-13(17)16-7-6-11-4-2-3-5-12(11)14(16)15(18)19/h2-5,14H,6-10H2,1H3,(H,18,19). The van der Waals surface area contributed by atoms with E-state index in [1.807, 2.05) is 18.2 Å². The molecular weight excluding hydrogens is 290 g/mol. The van der Waals surface area contributed by atoms with Gasteiger partial charge in [0.1, 0.15) is 0 Å². The third kappa shape index (κ3) is 3.77. The lowest BCUT2D eigenvalue weighted by atomic mass is 9.92. The Morgan fingerprint density at radius 1 is 1.43 bits per heavy atom. The zero-order chi connectivity index (χ0) is 15.2. The van der Waals surface area contributed by atoms with E-state index in [2.05, 4.69) is 0 Å². The summed E-state index contributed by atoms with van der Waals surface area (Å²) in [6, 6.07) is 6.57. The molecule has 1 aliphatic heterocycles. The number of fused-ring (bicyclic) bond motifs is 1. The number of hydrogen-bond acceptors (Lipinski definition) is 4. The molecule has 1 unspecified atom stereocenters. The first-order valence-electron chi connectivity index (χ1n) is 6.82. The Morgan fingerprint density at radius 3 is 2.90 bits per heavy atom. The highest BCUT2D eigenvalue weighted by Gasteiger charge is 2.35. The quantitative estimate of drug-likeness (QED) is 0.808. The number of carbonyl (C=O) groups excluding carboxylic acids is 1. The first-order chi connectivity index (χ1) is 10.1. The molecule has 0 aliphatic carbocycles. The molecule has 1 heterocycles. The van der Waals surface area contributed by atoms with E-state index < -0.39 is 12.0 Å². The van der Waals surface area contributed by atoms with Gasteiger partial charge >= 0.3 is 5.97 Å². The number of methoxy groups -OCH3 is 1. The van der Waals surface area contributed by atoms with Gasteiger partial charge in [-0.05, 0) is 17.5 Å². The summed E-state index contributed by atoms with van der Waals surface area (Å²) in [5, 5.41) is 9.49. The summed E-state index contributed by atoms with van der Waals surface area (Å²) in [4.78, 5) is 25.4. The van der Waals surface area contributed by atoms with Crippen LogP contribution in [0.15, 0.2) is 24.3 Å². The molecule has 2 rings (SSSR count). The highest BCUT2D eigenvalue weighted by atomic mass is 32.2. The van der Waals surface area contributed by atoms with Crippen LogP contribution in [-0.2, 0) is 20.7 Å². The van der Waals surface area contributed by atoms with E-state index in [9.17, 15) is 14.7 Å². The average Bonchev–Trinajstić information content (AvgIpc) is 2.50. The minimum absolute atomic E-state index is 0.127. The van der Waals surface area contributed by atoms with Crippen LogP contribution in [0.25, 0.3) is 0 Å². The van der Waals surface area contributed by atoms with Gasteiger partial charge in [-0.3, -0.25) is 4.79 Å². The van der Waals surface area contributed by atoms with Crippen LogP contribution in [0.2, 0.25) is 0 Å². The third-order valence-corrected chi connectivity index (χ3v) is 4.40. The van der Waals surface area contributed by atoms with E-state index in [1.165, 1.54) is 16.7 Å². The minimum Gasteiger partial charge on any atom is -0.479 e. The molecule has 0 saturated heterocycles. The average molecular weight is 309 g/mol. The van der Waals surface area contributed by atoms with Crippen molar-refractivity contribution in [2.45, 2.75) is 12.5 Å². The Balaban J connectivity index is 2.09. The van der Waals surface area contributed by atoms with Gasteiger partial charge in [-0.15, -0.1) is 11.8 Å². The van der Waals surface area contributed by atoms with E-state index >= 15 is 0 Å². The number of rotatable bonds is 6. The Morgan fingerprint density at radius 2 is 2.19 bits per heavy atom. The van der Waals surface area contributed by atoms with E-state index in [0.717, 1.165) is 16.9 Å². The molecule has 0 spiro atoms. The minimum atomic E-state index is -0.975. The van der Waals surface area contributed by atoms with Gasteiger partial charge in [0.05, 0.1) is 12.4 Å². The number of carboxylic acid groups (broad SMARTS) is 1. The van der Waals surface area contributed by atoms with Crippen LogP contribution in [-0.4, -0.2) is 53.7 Å². The molecule has 1 atom stereocenters. The highest BCUT2D eigenvalue weighted by molar-refractivity contribution is 7.99. The van der Waals surface area contributed by atoms with Gasteiger partial charge in [0.25, 0.3) is 0 Å². The molecule has 0 bridgehead atoms. The van der Waals surface area contributed by atoms with Crippen molar-refractivity contribution in [1.29, 1.82) is 0 Å². The molecule has 0 radical (unpaired) electrons. The molecule has 1 aromatic rings. The fraction of sp³-hybridized carbons (Fsp3) is 0.467. The third-order valence-electron chi connectivity index (χ3n) is 3.49. The van der Waals surface area contributed by atoms with Gasteiger partial charge in [0.2, 0.25) is 5.91 Å². The van der Waals surface area contributed by atoms with Gasteiger partial charge < -0.3 is 14.7 Å². The van der Waals surface area contributed by atoms with E-state index in [4.69, 9.17) is 4.74 Å². The molecule has 1 N–H and O–H groups in total. The second-order valence-electron chi connectivity index (χ2n) is 4.82. The number of aliphatic carboxylic acids is 1. The topological polar surface area (TPSA) is 66.8 Å². The van der Waals surface area contributed by atoms with E-state index in [-0.39, 0.29) is 11.7 Å². The smallest absolute Gasteiger partial charge is 0.331 e. The van der Waals surface area contributed by atoms with Gasteiger partial charge in [0.15, 0.2) is 6.04 Å². The lowest BCUT2D eigenvalue weighted by Gasteiger charge is -2.34. The molecule has 0 saturated carbocycles. The molecule has 5 nitrogen and oxygen atoms in total. The Hall–Kier alpha value is -1.53. The SMILES string of the molecule is COCCSCC(=O)N1CCc2ccccc2C1C(=O)O. The van der Waals surface area contributed by atoms with Gasteiger partial charge in [-0.1, -0.05) is 24.3 Å². The number of thioether (sulfide) groups is 1. The molecule has 0 aromatic heterocycles. The van der Waals surface area contributed by atoms with Crippen molar-refractivity contribution >= 4 is 23.6 Å². The summed E-state index contributed by atoms with van der Waals surface area (Å²) in [6.45, 7) is 1.04. The van der Waals surface area contributed by atoms with Crippen molar-refractivity contribution in [2.24, 2.45) is 0 Å². The van der Waals surface area contributed by atoms with Crippen LogP contribution >= 0.6 is 11.8 Å². The zero-order valence-electron chi connectivity index (χ0n) is 11.9. The largest absolute Gasteiger partial charge is 0.479 e. The number of ether oxygens (including phenoxy) is 1. The van der Waals surface area contributed by atoms with Crippen LogP contribution in [0.4, 0.5) is 0 Å². The van der Waals surface area contributed by atoms with Gasteiger partial charge in [-0.2, -0.15) is 0 Å². The second-order valence-corrected chi connectivity index (χ2v) is 5.93. The van der Waals surface area contributed by atoms with Crippen LogP contribution in [0.3, 0.4) is 0 Å². The number of hydrogen-bond donors (Lipinski definition) is 1. The molecular formula is C15H19NO4S. The number of carbonyl (C=O) groups is 2. The molecule has 1 amide bonds. The molecule has 114 valence electrons. The number of amides is 1. The van der Waals surface area contributed by atoms with Crippen LogP contribution in [0, 0.1) is 0 Å². The summed E-state index contributed by atoms with van der Waals surface area (Å²) in [5.41, 5.74) is 1.74. The maximum absolute atomic E-state index is 12.3. The lowest BCUT2D eigenvalue weighted by molar-refractivity contribution is -0.150. The Bertz CT molecular complexity index is 520. The van der Waals surface area contributed by atoms with Gasteiger partial charge in [-0.25, -0.2) is 4.79 Å². The first kappa shape index (κ1) is 15.9. The summed E-state index contributed by atoms with van der Waals surface area (Å²) < 4.78 is 4.94. The van der Waals surface area contributed by atoms with Crippen molar-refractivity contribution in [3.05, 3.63) is 35.4 Å². The highest BCUT2D eigenvalue weighted by Crippen LogP contribution is 2.30. The molecule has 6 heteroatoms. The Labute approximate surface area is 128 Å². The van der Waals surface area contributed by atoms with E-state index in [1.54, 1.807) is 13.2 Å². The fourth-order valence-electron chi connectivity index (χ4n) is 2.49. The predicted molar refractivity (Wildman–Crippen MR) is 81.4 cm³/mol. The fourth-order valence-corrected chi connectivity index (χ4v) is 3.26. The van der Waals surface area contributed by atoms with Crippen molar-refractivity contribution in [2.75, 3.05) is 31.8 Å². The lowest BCUT2D eigenvalue weighted by Crippen LogP contribution is -2.44. The van der Waals surface area contributed by atoms with Crippen molar-refractivity contribution in [3.8, 4) is 0 Å². The van der Waals surface area contributed by atoms with Crippen LogP contribution < -0.4 is 0 Å². The Kier molecular flexibility index (Phi) is 5.64. The van der Waals surface area contributed by atoms with Crippen molar-refractivity contribution in [3.63, 3.8) is 0 Å². The zero-order valence-corrected chi connectivity index (χ0v) is 12.8. The maximum Gasteiger partial charge on any atom is 0.331 e. The van der Waals surface area contributed by atoms with E-state index in [0.29, 0.717) is 19.6 Å². The van der Waals surface area contributed by atoms with Gasteiger partial charge in [0, 0.05) is 19.4 Å². The predicted octanol–water partition coefficient (Wildman–Crippen LogP) is 1.58. The number of benzene rings is 1. The van der Waals surface area contributed by atoms with Crippen LogP contribution in [0.1, 0.15) is 17.2 Å². The van der Waals surface area contributed by atoms with Crippen molar-refractivity contribution < 1.29 is 19.4 Å². The summed E-state index contributed by atoms with van der Waals surface area (Å²) in [6.07, 6.45) is 0.703. The summed E-state index contributed by atoms with van der Waals surface area (Å²) in [5.74, 6) is -0.0879. The maximum atomic E-state index is 12.3. The van der Waals surface area contributed by atoms with Crippen LogP contribution in [0.5, 0.6) is 0 Å². The van der Waals surface area contributed by atoms with Crippen molar-refractivity contribution in [1.82, 2.24) is 4.90 Å².